The number of alkyl halides is 1. The Balaban J connectivity index is 1.89. The lowest BCUT2D eigenvalue weighted by atomic mass is 9.92. The van der Waals surface area contributed by atoms with Crippen molar-refractivity contribution in [2.45, 2.75) is 24.4 Å². The molecule has 2 aliphatic rings. The number of halogens is 1. The minimum Gasteiger partial charge on any atom is -0.454 e. The average molecular weight is 292 g/mol. The van der Waals surface area contributed by atoms with Crippen molar-refractivity contribution in [3.8, 4) is 0 Å². The van der Waals surface area contributed by atoms with E-state index in [2.05, 4.69) is 10.6 Å². The first-order valence-electron chi connectivity index (χ1n) is 6.30. The van der Waals surface area contributed by atoms with Crippen LogP contribution in [0.4, 0.5) is 4.39 Å². The SMILES string of the molecule is O=C1C=CC2NC(=S)NC(C(F)c3ccccc3)C2O1. The third-order valence-corrected chi connectivity index (χ3v) is 3.66. The Hall–Kier alpha value is -1.95. The number of fused-ring (bicyclic) bond motifs is 1. The molecule has 4 atom stereocenters. The van der Waals surface area contributed by atoms with Crippen LogP contribution in [0.1, 0.15) is 11.7 Å². The topological polar surface area (TPSA) is 50.4 Å². The molecule has 20 heavy (non-hydrogen) atoms. The molecule has 0 aromatic heterocycles. The van der Waals surface area contributed by atoms with E-state index in [1.54, 1.807) is 30.3 Å². The number of hydrogen-bond acceptors (Lipinski definition) is 3. The predicted octanol–water partition coefficient (Wildman–Crippen LogP) is 1.39. The summed E-state index contributed by atoms with van der Waals surface area (Å²) in [7, 11) is 0. The van der Waals surface area contributed by atoms with Crippen LogP contribution >= 0.6 is 12.2 Å². The number of thiocarbonyl (C=S) groups is 1. The number of ether oxygens (including phenoxy) is 1. The van der Waals surface area contributed by atoms with Crippen molar-refractivity contribution < 1.29 is 13.9 Å². The standard InChI is InChI=1S/C14H13FN2O2S/c15-11(8-4-2-1-3-5-8)12-13-9(16-14(20)17-12)6-7-10(18)19-13/h1-7,9,11-13H,(H2,16,17,20). The lowest BCUT2D eigenvalue weighted by Gasteiger charge is -2.41. The van der Waals surface area contributed by atoms with E-state index in [1.165, 1.54) is 6.08 Å². The van der Waals surface area contributed by atoms with Crippen molar-refractivity contribution in [1.29, 1.82) is 0 Å². The first-order valence-corrected chi connectivity index (χ1v) is 6.71. The van der Waals surface area contributed by atoms with Crippen molar-refractivity contribution in [1.82, 2.24) is 10.6 Å². The van der Waals surface area contributed by atoms with Crippen LogP contribution in [0.2, 0.25) is 0 Å². The van der Waals surface area contributed by atoms with E-state index >= 15 is 0 Å². The molecule has 0 aliphatic carbocycles. The molecule has 1 aromatic carbocycles. The number of hydrogen-bond donors (Lipinski definition) is 2. The normalized spacial score (nSPS) is 29.8. The fourth-order valence-corrected chi connectivity index (χ4v) is 2.75. The molecule has 2 aliphatic heterocycles. The Morgan fingerprint density at radius 1 is 1.25 bits per heavy atom. The number of benzene rings is 1. The summed E-state index contributed by atoms with van der Waals surface area (Å²) in [5.74, 6) is -0.465. The summed E-state index contributed by atoms with van der Waals surface area (Å²) in [6.45, 7) is 0. The Morgan fingerprint density at radius 2 is 2.00 bits per heavy atom. The highest BCUT2D eigenvalue weighted by Gasteiger charge is 2.43. The molecule has 0 spiro atoms. The van der Waals surface area contributed by atoms with Crippen LogP contribution in [0, 0.1) is 0 Å². The van der Waals surface area contributed by atoms with Gasteiger partial charge in [0.15, 0.2) is 5.11 Å². The van der Waals surface area contributed by atoms with Gasteiger partial charge in [0, 0.05) is 6.08 Å². The van der Waals surface area contributed by atoms with Crippen LogP contribution in [-0.2, 0) is 9.53 Å². The molecule has 1 saturated heterocycles. The van der Waals surface area contributed by atoms with Gasteiger partial charge in [0.1, 0.15) is 18.3 Å². The lowest BCUT2D eigenvalue weighted by molar-refractivity contribution is -0.148. The van der Waals surface area contributed by atoms with Gasteiger partial charge in [-0.2, -0.15) is 0 Å². The summed E-state index contributed by atoms with van der Waals surface area (Å²) >= 11 is 5.09. The van der Waals surface area contributed by atoms with Crippen LogP contribution in [0.3, 0.4) is 0 Å². The lowest BCUT2D eigenvalue weighted by Crippen LogP contribution is -2.65. The van der Waals surface area contributed by atoms with E-state index in [0.29, 0.717) is 10.7 Å². The Morgan fingerprint density at radius 3 is 2.75 bits per heavy atom. The number of nitrogens with one attached hydrogen (secondary N) is 2. The summed E-state index contributed by atoms with van der Waals surface area (Å²) in [4.78, 5) is 11.4. The van der Waals surface area contributed by atoms with Crippen molar-refractivity contribution in [3.05, 3.63) is 48.0 Å². The van der Waals surface area contributed by atoms with Crippen molar-refractivity contribution in [2.75, 3.05) is 0 Å². The fourth-order valence-electron chi connectivity index (χ4n) is 2.48. The second-order valence-electron chi connectivity index (χ2n) is 4.74. The molecule has 0 saturated carbocycles. The predicted molar refractivity (Wildman–Crippen MR) is 75.8 cm³/mol. The molecule has 4 nitrogen and oxygen atoms in total. The maximum atomic E-state index is 14.7. The van der Waals surface area contributed by atoms with Gasteiger partial charge in [0.05, 0.1) is 6.04 Å². The minimum absolute atomic E-state index is 0.298. The highest BCUT2D eigenvalue weighted by atomic mass is 32.1. The van der Waals surface area contributed by atoms with Crippen LogP contribution in [0.5, 0.6) is 0 Å². The van der Waals surface area contributed by atoms with E-state index in [0.717, 1.165) is 0 Å². The maximum absolute atomic E-state index is 14.7. The van der Waals surface area contributed by atoms with Gasteiger partial charge in [0.2, 0.25) is 0 Å². The van der Waals surface area contributed by atoms with E-state index in [-0.39, 0.29) is 6.04 Å². The molecule has 6 heteroatoms. The molecule has 1 aromatic rings. The molecule has 4 unspecified atom stereocenters. The van der Waals surface area contributed by atoms with Gasteiger partial charge < -0.3 is 15.4 Å². The van der Waals surface area contributed by atoms with Gasteiger partial charge >= 0.3 is 5.97 Å². The second-order valence-corrected chi connectivity index (χ2v) is 5.15. The number of carbonyl (C=O) groups excluding carboxylic acids is 1. The van der Waals surface area contributed by atoms with Crippen molar-refractivity contribution >= 4 is 23.3 Å². The third kappa shape index (κ3) is 2.38. The highest BCUT2D eigenvalue weighted by molar-refractivity contribution is 7.80. The fraction of sp³-hybridized carbons (Fsp3) is 0.286. The first-order chi connectivity index (χ1) is 9.65. The zero-order chi connectivity index (χ0) is 14.1. The van der Waals surface area contributed by atoms with Crippen LogP contribution < -0.4 is 10.6 Å². The molecule has 2 N–H and O–H groups in total. The van der Waals surface area contributed by atoms with Gasteiger partial charge in [-0.05, 0) is 17.8 Å². The highest BCUT2D eigenvalue weighted by Crippen LogP contribution is 2.29. The van der Waals surface area contributed by atoms with Crippen LogP contribution in [-0.4, -0.2) is 29.3 Å². The first kappa shape index (κ1) is 13.1. The van der Waals surface area contributed by atoms with Crippen LogP contribution in [0.25, 0.3) is 0 Å². The molecule has 104 valence electrons. The van der Waals surface area contributed by atoms with Crippen molar-refractivity contribution in [2.24, 2.45) is 0 Å². The molecule has 2 heterocycles. The van der Waals surface area contributed by atoms with E-state index in [9.17, 15) is 9.18 Å². The Labute approximate surface area is 121 Å². The largest absolute Gasteiger partial charge is 0.454 e. The quantitative estimate of drug-likeness (QED) is 0.637. The van der Waals surface area contributed by atoms with Crippen LogP contribution in [0.15, 0.2) is 42.5 Å². The maximum Gasteiger partial charge on any atom is 0.330 e. The van der Waals surface area contributed by atoms with E-state index < -0.39 is 24.3 Å². The molecule has 1 fully saturated rings. The van der Waals surface area contributed by atoms with Gasteiger partial charge in [0.25, 0.3) is 0 Å². The molecule has 0 bridgehead atoms. The summed E-state index contributed by atoms with van der Waals surface area (Å²) in [6, 6.07) is 7.76. The zero-order valence-electron chi connectivity index (χ0n) is 10.5. The average Bonchev–Trinajstić information content (AvgIpc) is 2.47. The molecular weight excluding hydrogens is 279 g/mol. The molecule has 3 rings (SSSR count). The third-order valence-electron chi connectivity index (χ3n) is 3.43. The summed E-state index contributed by atoms with van der Waals surface area (Å²) in [5, 5.41) is 6.19. The molecule has 0 amide bonds. The van der Waals surface area contributed by atoms with Gasteiger partial charge in [-0.1, -0.05) is 36.4 Å². The van der Waals surface area contributed by atoms with Crippen molar-refractivity contribution in [3.63, 3.8) is 0 Å². The molecule has 0 radical (unpaired) electrons. The Bertz CT molecular complexity index is 564. The monoisotopic (exact) mass is 292 g/mol. The minimum atomic E-state index is -1.32. The van der Waals surface area contributed by atoms with Gasteiger partial charge in [-0.3, -0.25) is 0 Å². The summed E-state index contributed by atoms with van der Waals surface area (Å²) in [6.07, 6.45) is 1.04. The summed E-state index contributed by atoms with van der Waals surface area (Å²) < 4.78 is 20.0. The van der Waals surface area contributed by atoms with E-state index in [1.807, 2.05) is 6.07 Å². The van der Waals surface area contributed by atoms with E-state index in [4.69, 9.17) is 17.0 Å². The number of rotatable bonds is 2. The second kappa shape index (κ2) is 5.20. The summed E-state index contributed by atoms with van der Waals surface area (Å²) in [5.41, 5.74) is 0.527. The number of carbonyl (C=O) groups is 1. The van der Waals surface area contributed by atoms with Gasteiger partial charge in [-0.15, -0.1) is 0 Å². The van der Waals surface area contributed by atoms with Gasteiger partial charge in [-0.25, -0.2) is 9.18 Å². The Kier molecular flexibility index (Phi) is 3.40. The smallest absolute Gasteiger partial charge is 0.330 e. The zero-order valence-corrected chi connectivity index (χ0v) is 11.3. The number of esters is 1. The molecular formula is C14H13FN2O2S.